The Morgan fingerprint density at radius 1 is 0.897 bits per heavy atom. The largest absolute Gasteiger partial charge is 0.426 e. The van der Waals surface area contributed by atoms with Gasteiger partial charge in [-0.1, -0.05) is 65.7 Å². The molecule has 0 amide bonds. The van der Waals surface area contributed by atoms with Crippen LogP contribution in [0.1, 0.15) is 84.1 Å². The van der Waals surface area contributed by atoms with Gasteiger partial charge in [0, 0.05) is 18.0 Å². The normalized spacial score (nSPS) is 12.0. The van der Waals surface area contributed by atoms with E-state index in [0.29, 0.717) is 11.6 Å². The van der Waals surface area contributed by atoms with Crippen molar-refractivity contribution in [3.05, 3.63) is 42.2 Å². The number of unbranched alkanes of at least 4 members (excludes halogenated alkanes) is 6. The van der Waals surface area contributed by atoms with E-state index in [-0.39, 0.29) is 11.9 Å². The van der Waals surface area contributed by atoms with Crippen LogP contribution in [0.2, 0.25) is 0 Å². The molecule has 4 nitrogen and oxygen atoms in total. The summed E-state index contributed by atoms with van der Waals surface area (Å²) < 4.78 is 5.44. The highest BCUT2D eigenvalue weighted by molar-refractivity contribution is 5.75. The topological polar surface area (TPSA) is 52.1 Å². The number of esters is 1. The second-order valence-electron chi connectivity index (χ2n) is 7.92. The van der Waals surface area contributed by atoms with E-state index in [9.17, 15) is 4.79 Å². The van der Waals surface area contributed by atoms with Crippen LogP contribution in [0.5, 0.6) is 5.75 Å². The van der Waals surface area contributed by atoms with Crippen LogP contribution >= 0.6 is 0 Å². The molecular formula is C25H36N2O2. The lowest BCUT2D eigenvalue weighted by atomic mass is 10.1. The zero-order valence-electron chi connectivity index (χ0n) is 18.3. The number of aryl methyl sites for hydroxylation is 1. The predicted molar refractivity (Wildman–Crippen MR) is 119 cm³/mol. The first kappa shape index (κ1) is 23.1. The van der Waals surface area contributed by atoms with E-state index in [2.05, 4.69) is 23.8 Å². The van der Waals surface area contributed by atoms with Crippen molar-refractivity contribution in [2.75, 3.05) is 0 Å². The molecule has 2 aromatic rings. The number of carbonyl (C=O) groups is 1. The minimum absolute atomic E-state index is 0.0769. The zero-order valence-corrected chi connectivity index (χ0v) is 18.3. The standard InChI is InChI=1S/C25H36N2O2/c1-4-6-7-8-9-10-11-13-21-18-26-24(27-19-21)22-14-16-23(17-15-22)29-25(28)20(3)12-5-2/h14-20H,4-13H2,1-3H3. The number of benzene rings is 1. The molecule has 1 atom stereocenters. The van der Waals surface area contributed by atoms with E-state index in [0.717, 1.165) is 24.8 Å². The van der Waals surface area contributed by atoms with Gasteiger partial charge in [0.15, 0.2) is 5.82 Å². The van der Waals surface area contributed by atoms with Crippen LogP contribution in [-0.2, 0) is 11.2 Å². The molecule has 0 fully saturated rings. The fourth-order valence-corrected chi connectivity index (χ4v) is 3.36. The van der Waals surface area contributed by atoms with Crippen molar-refractivity contribution in [2.24, 2.45) is 5.92 Å². The molecule has 0 aliphatic carbocycles. The van der Waals surface area contributed by atoms with Gasteiger partial charge in [-0.2, -0.15) is 0 Å². The van der Waals surface area contributed by atoms with Gasteiger partial charge in [-0.15, -0.1) is 0 Å². The quantitative estimate of drug-likeness (QED) is 0.213. The summed E-state index contributed by atoms with van der Waals surface area (Å²) >= 11 is 0. The van der Waals surface area contributed by atoms with E-state index < -0.39 is 0 Å². The first-order valence-corrected chi connectivity index (χ1v) is 11.3. The Balaban J connectivity index is 1.79. The second-order valence-corrected chi connectivity index (χ2v) is 7.92. The minimum Gasteiger partial charge on any atom is -0.426 e. The third-order valence-corrected chi connectivity index (χ3v) is 5.23. The second kappa shape index (κ2) is 13.1. The Morgan fingerprint density at radius 2 is 1.52 bits per heavy atom. The summed E-state index contributed by atoms with van der Waals surface area (Å²) in [6.45, 7) is 6.22. The highest BCUT2D eigenvalue weighted by Gasteiger charge is 2.14. The molecule has 0 N–H and O–H groups in total. The molecule has 158 valence electrons. The molecular weight excluding hydrogens is 360 g/mol. The van der Waals surface area contributed by atoms with Gasteiger partial charge in [-0.05, 0) is 49.1 Å². The molecule has 0 saturated carbocycles. The fourth-order valence-electron chi connectivity index (χ4n) is 3.36. The van der Waals surface area contributed by atoms with Gasteiger partial charge < -0.3 is 4.74 Å². The summed E-state index contributed by atoms with van der Waals surface area (Å²) in [6, 6.07) is 7.42. The molecule has 0 radical (unpaired) electrons. The Bertz CT molecular complexity index is 711. The van der Waals surface area contributed by atoms with E-state index in [1.807, 2.05) is 43.6 Å². The molecule has 0 spiro atoms. The lowest BCUT2D eigenvalue weighted by Gasteiger charge is -2.10. The molecule has 0 aliphatic heterocycles. The smallest absolute Gasteiger partial charge is 0.314 e. The summed E-state index contributed by atoms with van der Waals surface area (Å²) in [5, 5.41) is 0. The van der Waals surface area contributed by atoms with Crippen molar-refractivity contribution >= 4 is 5.97 Å². The van der Waals surface area contributed by atoms with Crippen molar-refractivity contribution in [2.45, 2.75) is 85.0 Å². The highest BCUT2D eigenvalue weighted by Crippen LogP contribution is 2.21. The number of hydrogen-bond acceptors (Lipinski definition) is 4. The van der Waals surface area contributed by atoms with Crippen LogP contribution in [0.25, 0.3) is 11.4 Å². The van der Waals surface area contributed by atoms with Crippen LogP contribution in [-0.4, -0.2) is 15.9 Å². The summed E-state index contributed by atoms with van der Waals surface area (Å²) in [5.74, 6) is 1.01. The summed E-state index contributed by atoms with van der Waals surface area (Å²) in [7, 11) is 0. The van der Waals surface area contributed by atoms with Gasteiger partial charge in [-0.3, -0.25) is 4.79 Å². The van der Waals surface area contributed by atoms with Crippen LogP contribution in [0, 0.1) is 5.92 Å². The van der Waals surface area contributed by atoms with Crippen molar-refractivity contribution in [3.8, 4) is 17.1 Å². The molecule has 2 rings (SSSR count). The third-order valence-electron chi connectivity index (χ3n) is 5.23. The summed E-state index contributed by atoms with van der Waals surface area (Å²) in [5.41, 5.74) is 2.12. The number of carbonyl (C=O) groups excluding carboxylic acids is 1. The van der Waals surface area contributed by atoms with Gasteiger partial charge >= 0.3 is 5.97 Å². The van der Waals surface area contributed by atoms with Crippen molar-refractivity contribution in [1.29, 1.82) is 0 Å². The maximum Gasteiger partial charge on any atom is 0.314 e. The molecule has 4 heteroatoms. The Morgan fingerprint density at radius 3 is 2.14 bits per heavy atom. The zero-order chi connectivity index (χ0) is 20.9. The third kappa shape index (κ3) is 8.35. The van der Waals surface area contributed by atoms with E-state index >= 15 is 0 Å². The first-order valence-electron chi connectivity index (χ1n) is 11.3. The number of rotatable bonds is 13. The lowest BCUT2D eigenvalue weighted by molar-refractivity contribution is -0.138. The summed E-state index contributed by atoms with van der Waals surface area (Å²) in [4.78, 5) is 21.0. The predicted octanol–water partition coefficient (Wildman–Crippen LogP) is 6.78. The van der Waals surface area contributed by atoms with E-state index in [1.54, 1.807) is 0 Å². The Labute approximate surface area is 176 Å². The molecule has 1 aromatic carbocycles. The molecule has 0 bridgehead atoms. The molecule has 0 saturated heterocycles. The van der Waals surface area contributed by atoms with Crippen LogP contribution in [0.3, 0.4) is 0 Å². The SMILES string of the molecule is CCCCCCCCCc1cnc(-c2ccc(OC(=O)C(C)CCC)cc2)nc1. The summed E-state index contributed by atoms with van der Waals surface area (Å²) in [6.07, 6.45) is 15.9. The van der Waals surface area contributed by atoms with Crippen molar-refractivity contribution in [3.63, 3.8) is 0 Å². The van der Waals surface area contributed by atoms with Crippen LogP contribution in [0.4, 0.5) is 0 Å². The Kier molecular flexibility index (Phi) is 10.4. The lowest BCUT2D eigenvalue weighted by Crippen LogP contribution is -2.17. The highest BCUT2D eigenvalue weighted by atomic mass is 16.5. The maximum atomic E-state index is 12.0. The molecule has 29 heavy (non-hydrogen) atoms. The minimum atomic E-state index is -0.175. The van der Waals surface area contributed by atoms with Crippen LogP contribution in [0.15, 0.2) is 36.7 Å². The van der Waals surface area contributed by atoms with Crippen molar-refractivity contribution in [1.82, 2.24) is 9.97 Å². The molecule has 0 aliphatic rings. The average molecular weight is 397 g/mol. The number of hydrogen-bond donors (Lipinski definition) is 0. The van der Waals surface area contributed by atoms with Crippen molar-refractivity contribution < 1.29 is 9.53 Å². The fraction of sp³-hybridized carbons (Fsp3) is 0.560. The number of nitrogens with zero attached hydrogens (tertiary/aromatic N) is 2. The van der Waals surface area contributed by atoms with E-state index in [4.69, 9.17) is 4.74 Å². The van der Waals surface area contributed by atoms with Gasteiger partial charge in [0.05, 0.1) is 5.92 Å². The Hall–Kier alpha value is -2.23. The average Bonchev–Trinajstić information content (AvgIpc) is 2.74. The maximum absolute atomic E-state index is 12.0. The van der Waals surface area contributed by atoms with Gasteiger partial charge in [0.2, 0.25) is 0 Å². The van der Waals surface area contributed by atoms with Gasteiger partial charge in [-0.25, -0.2) is 9.97 Å². The number of ether oxygens (including phenoxy) is 1. The molecule has 1 unspecified atom stereocenters. The number of aromatic nitrogens is 2. The van der Waals surface area contributed by atoms with Gasteiger partial charge in [0.1, 0.15) is 5.75 Å². The monoisotopic (exact) mass is 396 g/mol. The van der Waals surface area contributed by atoms with E-state index in [1.165, 1.54) is 50.5 Å². The molecule has 1 aromatic heterocycles. The first-order chi connectivity index (χ1) is 14.1. The molecule has 1 heterocycles. The van der Waals surface area contributed by atoms with Crippen LogP contribution < -0.4 is 4.74 Å². The van der Waals surface area contributed by atoms with Gasteiger partial charge in [0.25, 0.3) is 0 Å².